The fourth-order valence-electron chi connectivity index (χ4n) is 2.54. The molecule has 0 aliphatic carbocycles. The molecule has 7 heteroatoms. The lowest BCUT2D eigenvalue weighted by atomic mass is 10.2. The molecule has 0 saturated carbocycles. The van der Waals surface area contributed by atoms with Gasteiger partial charge in [-0.25, -0.2) is 5.10 Å². The first kappa shape index (κ1) is 17.0. The quantitative estimate of drug-likeness (QED) is 0.542. The summed E-state index contributed by atoms with van der Waals surface area (Å²) >= 11 is 5.27. The van der Waals surface area contributed by atoms with E-state index in [0.29, 0.717) is 16.3 Å². The molecule has 6 nitrogen and oxygen atoms in total. The van der Waals surface area contributed by atoms with Crippen LogP contribution >= 0.6 is 12.2 Å². The highest BCUT2D eigenvalue weighted by Gasteiger charge is 2.08. The highest BCUT2D eigenvalue weighted by atomic mass is 32.1. The molecule has 0 spiro atoms. The number of aromatic amines is 1. The molecule has 0 aliphatic heterocycles. The molecule has 0 amide bonds. The van der Waals surface area contributed by atoms with Crippen molar-refractivity contribution >= 4 is 24.1 Å². The Morgan fingerprint density at radius 2 is 1.92 bits per heavy atom. The number of hydrogen-bond donors (Lipinski definition) is 1. The molecular weight excluding hydrogens is 332 g/mol. The summed E-state index contributed by atoms with van der Waals surface area (Å²) in [4.78, 5) is 6.60. The van der Waals surface area contributed by atoms with Crippen molar-refractivity contribution in [1.29, 1.82) is 0 Å². The van der Waals surface area contributed by atoms with Crippen LogP contribution in [0.5, 0.6) is 0 Å². The van der Waals surface area contributed by atoms with Gasteiger partial charge in [-0.1, -0.05) is 18.2 Å². The molecule has 3 rings (SSSR count). The SMILES string of the molecule is CCN(CC)c1ccc(C=Nn2c(-c3ccccn3)n[nH]c2=S)cc1. The number of hydrogen-bond acceptors (Lipinski definition) is 5. The smallest absolute Gasteiger partial charge is 0.216 e. The third kappa shape index (κ3) is 3.83. The molecule has 1 aromatic carbocycles. The van der Waals surface area contributed by atoms with Crippen molar-refractivity contribution < 1.29 is 0 Å². The zero-order chi connectivity index (χ0) is 17.6. The summed E-state index contributed by atoms with van der Waals surface area (Å²) in [6.07, 6.45) is 3.48. The van der Waals surface area contributed by atoms with Crippen molar-refractivity contribution in [3.63, 3.8) is 0 Å². The van der Waals surface area contributed by atoms with Gasteiger partial charge in [-0.2, -0.15) is 14.9 Å². The summed E-state index contributed by atoms with van der Waals surface area (Å²) in [5.41, 5.74) is 2.91. The number of pyridine rings is 1. The highest BCUT2D eigenvalue weighted by molar-refractivity contribution is 7.71. The second-order valence-corrected chi connectivity index (χ2v) is 5.77. The van der Waals surface area contributed by atoms with E-state index >= 15 is 0 Å². The van der Waals surface area contributed by atoms with Crippen LogP contribution in [0.4, 0.5) is 5.69 Å². The molecule has 1 N–H and O–H groups in total. The lowest BCUT2D eigenvalue weighted by molar-refractivity contribution is 0.865. The first-order chi connectivity index (χ1) is 12.2. The molecule has 0 aliphatic rings. The van der Waals surface area contributed by atoms with E-state index in [2.05, 4.69) is 51.2 Å². The van der Waals surface area contributed by atoms with Gasteiger partial charge in [0.1, 0.15) is 5.69 Å². The third-order valence-electron chi connectivity index (χ3n) is 3.89. The van der Waals surface area contributed by atoms with E-state index in [1.807, 2.05) is 30.3 Å². The van der Waals surface area contributed by atoms with Gasteiger partial charge in [0.25, 0.3) is 0 Å². The maximum absolute atomic E-state index is 5.27. The topological polar surface area (TPSA) is 62.1 Å². The predicted molar refractivity (Wildman–Crippen MR) is 104 cm³/mol. The van der Waals surface area contributed by atoms with E-state index in [-0.39, 0.29) is 0 Å². The van der Waals surface area contributed by atoms with E-state index in [9.17, 15) is 0 Å². The highest BCUT2D eigenvalue weighted by Crippen LogP contribution is 2.15. The zero-order valence-corrected chi connectivity index (χ0v) is 15.1. The van der Waals surface area contributed by atoms with Crippen LogP contribution in [0.3, 0.4) is 0 Å². The van der Waals surface area contributed by atoms with Crippen molar-refractivity contribution in [3.8, 4) is 11.5 Å². The van der Waals surface area contributed by atoms with Crippen molar-refractivity contribution in [2.24, 2.45) is 5.10 Å². The van der Waals surface area contributed by atoms with Gasteiger partial charge >= 0.3 is 0 Å². The minimum Gasteiger partial charge on any atom is -0.372 e. The number of aromatic nitrogens is 4. The third-order valence-corrected chi connectivity index (χ3v) is 4.15. The lowest BCUT2D eigenvalue weighted by Gasteiger charge is -2.20. The van der Waals surface area contributed by atoms with Gasteiger partial charge in [-0.15, -0.1) is 0 Å². The predicted octanol–water partition coefficient (Wildman–Crippen LogP) is 3.73. The lowest BCUT2D eigenvalue weighted by Crippen LogP contribution is -2.21. The molecule has 2 heterocycles. The van der Waals surface area contributed by atoms with E-state index < -0.39 is 0 Å². The van der Waals surface area contributed by atoms with Gasteiger partial charge < -0.3 is 4.90 Å². The summed E-state index contributed by atoms with van der Waals surface area (Å²) in [5.74, 6) is 0.585. The summed E-state index contributed by atoms with van der Waals surface area (Å²) in [6, 6.07) is 13.9. The minimum absolute atomic E-state index is 0.427. The van der Waals surface area contributed by atoms with Crippen LogP contribution in [0.1, 0.15) is 19.4 Å². The Hall–Kier alpha value is -2.80. The standard InChI is InChI=1S/C18H20N6S/c1-3-23(4-2)15-10-8-14(9-11-15)13-20-24-17(21-22-18(24)25)16-7-5-6-12-19-16/h5-13H,3-4H2,1-2H3,(H,22,25). The van der Waals surface area contributed by atoms with E-state index in [0.717, 1.165) is 18.7 Å². The van der Waals surface area contributed by atoms with Crippen LogP contribution in [0.25, 0.3) is 11.5 Å². The molecule has 2 aromatic heterocycles. The first-order valence-corrected chi connectivity index (χ1v) is 8.62. The van der Waals surface area contributed by atoms with Crippen molar-refractivity contribution in [1.82, 2.24) is 19.9 Å². The Balaban J connectivity index is 1.86. The van der Waals surface area contributed by atoms with Gasteiger partial charge in [0, 0.05) is 25.0 Å². The number of nitrogens with one attached hydrogen (secondary N) is 1. The normalized spacial score (nSPS) is 11.1. The summed E-state index contributed by atoms with van der Waals surface area (Å²) in [7, 11) is 0. The Morgan fingerprint density at radius 3 is 2.56 bits per heavy atom. The van der Waals surface area contributed by atoms with E-state index in [4.69, 9.17) is 12.2 Å². The fourth-order valence-corrected chi connectivity index (χ4v) is 2.72. The molecule has 128 valence electrons. The minimum atomic E-state index is 0.427. The first-order valence-electron chi connectivity index (χ1n) is 8.21. The molecule has 25 heavy (non-hydrogen) atoms. The second-order valence-electron chi connectivity index (χ2n) is 5.39. The van der Waals surface area contributed by atoms with Crippen LogP contribution in [-0.4, -0.2) is 39.2 Å². The van der Waals surface area contributed by atoms with Crippen molar-refractivity contribution in [2.45, 2.75) is 13.8 Å². The average Bonchev–Trinajstić information content (AvgIpc) is 3.03. The van der Waals surface area contributed by atoms with Crippen LogP contribution in [-0.2, 0) is 0 Å². The summed E-state index contributed by atoms with van der Waals surface area (Å²) < 4.78 is 2.01. The Bertz CT molecular complexity index is 891. The molecule has 3 aromatic rings. The molecule has 0 unspecified atom stereocenters. The van der Waals surface area contributed by atoms with Gasteiger partial charge in [-0.05, 0) is 55.9 Å². The Kier molecular flexibility index (Phi) is 5.35. The van der Waals surface area contributed by atoms with Gasteiger partial charge in [0.15, 0.2) is 0 Å². The number of H-pyrrole nitrogens is 1. The van der Waals surface area contributed by atoms with Crippen LogP contribution in [0.2, 0.25) is 0 Å². The number of anilines is 1. The number of nitrogens with zero attached hydrogens (tertiary/aromatic N) is 5. The molecule has 0 bridgehead atoms. The van der Waals surface area contributed by atoms with Gasteiger partial charge in [-0.3, -0.25) is 4.98 Å². The Morgan fingerprint density at radius 1 is 1.16 bits per heavy atom. The van der Waals surface area contributed by atoms with Crippen LogP contribution in [0, 0.1) is 4.77 Å². The van der Waals surface area contributed by atoms with E-state index in [1.165, 1.54) is 5.69 Å². The number of benzene rings is 1. The van der Waals surface area contributed by atoms with Crippen molar-refractivity contribution in [3.05, 3.63) is 59.0 Å². The number of rotatable bonds is 6. The monoisotopic (exact) mass is 352 g/mol. The molecular formula is C18H20N6S. The second kappa shape index (κ2) is 7.85. The van der Waals surface area contributed by atoms with E-state index in [1.54, 1.807) is 17.1 Å². The summed E-state index contributed by atoms with van der Waals surface area (Å²) in [6.45, 7) is 6.28. The van der Waals surface area contributed by atoms with Gasteiger partial charge in [0.2, 0.25) is 10.6 Å². The fraction of sp³-hybridized carbons (Fsp3) is 0.222. The molecule has 0 saturated heterocycles. The average molecular weight is 352 g/mol. The molecule has 0 atom stereocenters. The summed E-state index contributed by atoms with van der Waals surface area (Å²) in [5, 5.41) is 11.5. The van der Waals surface area contributed by atoms with Crippen LogP contribution < -0.4 is 4.90 Å². The molecule has 0 fully saturated rings. The van der Waals surface area contributed by atoms with Crippen molar-refractivity contribution in [2.75, 3.05) is 18.0 Å². The van der Waals surface area contributed by atoms with Gasteiger partial charge in [0.05, 0.1) is 6.21 Å². The zero-order valence-electron chi connectivity index (χ0n) is 14.3. The maximum Gasteiger partial charge on any atom is 0.216 e. The Labute approximate surface area is 151 Å². The maximum atomic E-state index is 5.27. The molecule has 0 radical (unpaired) electrons. The van der Waals surface area contributed by atoms with Crippen LogP contribution in [0.15, 0.2) is 53.8 Å². The largest absolute Gasteiger partial charge is 0.372 e.